The molecule has 3 N–H and O–H groups in total. The zero-order valence-electron chi connectivity index (χ0n) is 13.2. The summed E-state index contributed by atoms with van der Waals surface area (Å²) in [4.78, 5) is 47.6. The van der Waals surface area contributed by atoms with Crippen molar-refractivity contribution in [3.63, 3.8) is 0 Å². The summed E-state index contributed by atoms with van der Waals surface area (Å²) in [7, 11) is 0. The van der Waals surface area contributed by atoms with Crippen LogP contribution in [0.4, 0.5) is 10.5 Å². The molecule has 1 atom stereocenters. The van der Waals surface area contributed by atoms with Gasteiger partial charge in [-0.3, -0.25) is 24.6 Å². The lowest BCUT2D eigenvalue weighted by Gasteiger charge is -2.22. The molecular formula is C16H16N4O4. The average molecular weight is 328 g/mol. The van der Waals surface area contributed by atoms with E-state index in [-0.39, 0.29) is 18.4 Å². The largest absolute Gasteiger partial charge is 0.357 e. The normalized spacial score (nSPS) is 23.0. The van der Waals surface area contributed by atoms with Gasteiger partial charge >= 0.3 is 6.03 Å². The highest BCUT2D eigenvalue weighted by Crippen LogP contribution is 2.27. The van der Waals surface area contributed by atoms with Crippen LogP contribution in [0.3, 0.4) is 0 Å². The van der Waals surface area contributed by atoms with Crippen molar-refractivity contribution in [2.24, 2.45) is 0 Å². The summed E-state index contributed by atoms with van der Waals surface area (Å²) >= 11 is 0. The second kappa shape index (κ2) is 5.48. The van der Waals surface area contributed by atoms with Crippen LogP contribution < -0.4 is 16.0 Å². The summed E-state index contributed by atoms with van der Waals surface area (Å²) in [5, 5.41) is 7.88. The molecule has 0 aliphatic carbocycles. The highest BCUT2D eigenvalue weighted by Gasteiger charge is 2.43. The van der Waals surface area contributed by atoms with Crippen LogP contribution in [0.2, 0.25) is 0 Å². The fourth-order valence-corrected chi connectivity index (χ4v) is 2.70. The Kier molecular flexibility index (Phi) is 3.59. The second-order valence-electron chi connectivity index (χ2n) is 5.85. The van der Waals surface area contributed by atoms with Crippen molar-refractivity contribution in [3.8, 4) is 0 Å². The molecule has 1 fully saturated rings. The molecule has 0 aromatic heterocycles. The van der Waals surface area contributed by atoms with Crippen molar-refractivity contribution in [2.75, 3.05) is 11.9 Å². The summed E-state index contributed by atoms with van der Waals surface area (Å²) in [6, 6.07) is 6.41. The fourth-order valence-electron chi connectivity index (χ4n) is 2.70. The third kappa shape index (κ3) is 2.62. The molecule has 5 amide bonds. The Morgan fingerprint density at radius 2 is 2.04 bits per heavy atom. The number of carbonyl (C=O) groups excluding carboxylic acids is 4. The van der Waals surface area contributed by atoms with Crippen molar-refractivity contribution < 1.29 is 19.2 Å². The average Bonchev–Trinajstić information content (AvgIpc) is 2.99. The van der Waals surface area contributed by atoms with Crippen molar-refractivity contribution in [1.82, 2.24) is 15.5 Å². The van der Waals surface area contributed by atoms with E-state index in [2.05, 4.69) is 16.0 Å². The maximum absolute atomic E-state index is 12.0. The SMILES string of the molecule is CC(=O)N1CC(Nc2cccc([C@@]3(C)NC(=O)NC3=O)c2)=CC1=O. The Morgan fingerprint density at radius 3 is 2.62 bits per heavy atom. The first-order valence-electron chi connectivity index (χ1n) is 7.33. The van der Waals surface area contributed by atoms with E-state index in [1.54, 1.807) is 31.2 Å². The van der Waals surface area contributed by atoms with Crippen LogP contribution >= 0.6 is 0 Å². The summed E-state index contributed by atoms with van der Waals surface area (Å²) in [5.41, 5.74) is 0.675. The van der Waals surface area contributed by atoms with Gasteiger partial charge in [0.1, 0.15) is 5.54 Å². The molecule has 2 aliphatic heterocycles. The summed E-state index contributed by atoms with van der Waals surface area (Å²) in [6.07, 6.45) is 1.36. The van der Waals surface area contributed by atoms with E-state index >= 15 is 0 Å². The molecular weight excluding hydrogens is 312 g/mol. The van der Waals surface area contributed by atoms with E-state index in [4.69, 9.17) is 0 Å². The van der Waals surface area contributed by atoms with Crippen LogP contribution in [0.1, 0.15) is 19.4 Å². The van der Waals surface area contributed by atoms with Gasteiger partial charge in [0.05, 0.1) is 6.54 Å². The van der Waals surface area contributed by atoms with Crippen LogP contribution in [0.15, 0.2) is 36.0 Å². The predicted octanol–water partition coefficient (Wildman–Crippen LogP) is 0.426. The Morgan fingerprint density at radius 1 is 1.29 bits per heavy atom. The molecule has 0 spiro atoms. The number of amides is 5. The first-order valence-corrected chi connectivity index (χ1v) is 7.33. The number of urea groups is 1. The summed E-state index contributed by atoms with van der Waals surface area (Å²) < 4.78 is 0. The van der Waals surface area contributed by atoms with Crippen LogP contribution in [-0.4, -0.2) is 35.2 Å². The maximum atomic E-state index is 12.0. The molecule has 1 saturated heterocycles. The minimum Gasteiger partial charge on any atom is -0.357 e. The van der Waals surface area contributed by atoms with Gasteiger partial charge in [-0.15, -0.1) is 0 Å². The zero-order valence-corrected chi connectivity index (χ0v) is 13.2. The Balaban J connectivity index is 1.81. The molecule has 2 heterocycles. The maximum Gasteiger partial charge on any atom is 0.322 e. The number of imide groups is 2. The van der Waals surface area contributed by atoms with Crippen molar-refractivity contribution in [3.05, 3.63) is 41.6 Å². The van der Waals surface area contributed by atoms with E-state index in [1.807, 2.05) is 0 Å². The van der Waals surface area contributed by atoms with Crippen molar-refractivity contribution in [2.45, 2.75) is 19.4 Å². The van der Waals surface area contributed by atoms with Gasteiger partial charge in [-0.05, 0) is 24.6 Å². The lowest BCUT2D eigenvalue weighted by atomic mass is 9.92. The number of hydrogen-bond donors (Lipinski definition) is 3. The van der Waals surface area contributed by atoms with Gasteiger partial charge in [0.2, 0.25) is 5.91 Å². The fraction of sp³-hybridized carbons (Fsp3) is 0.250. The van der Waals surface area contributed by atoms with Crippen molar-refractivity contribution >= 4 is 29.4 Å². The van der Waals surface area contributed by atoms with Crippen molar-refractivity contribution in [1.29, 1.82) is 0 Å². The van der Waals surface area contributed by atoms with E-state index in [0.29, 0.717) is 16.9 Å². The molecule has 8 heteroatoms. The Hall–Kier alpha value is -3.16. The molecule has 0 radical (unpaired) electrons. The Labute approximate surface area is 137 Å². The smallest absolute Gasteiger partial charge is 0.322 e. The standard InChI is InChI=1S/C16H16N4O4/c1-9(21)20-8-12(7-13(20)22)17-11-5-3-4-10(6-11)16(2)14(23)18-15(24)19-16/h3-7,17H,8H2,1-2H3,(H2,18,19,23,24)/t16-/m1/s1. The number of carbonyl (C=O) groups is 4. The lowest BCUT2D eigenvalue weighted by Crippen LogP contribution is -2.40. The number of nitrogens with zero attached hydrogens (tertiary/aromatic N) is 1. The number of anilines is 1. The van der Waals surface area contributed by atoms with Gasteiger partial charge in [-0.25, -0.2) is 4.79 Å². The molecule has 0 unspecified atom stereocenters. The van der Waals surface area contributed by atoms with Gasteiger partial charge in [-0.2, -0.15) is 0 Å². The molecule has 0 saturated carbocycles. The van der Waals surface area contributed by atoms with Crippen LogP contribution in [0.25, 0.3) is 0 Å². The van der Waals surface area contributed by atoms with Gasteiger partial charge in [0, 0.05) is 24.4 Å². The highest BCUT2D eigenvalue weighted by molar-refractivity contribution is 6.07. The topological polar surface area (TPSA) is 108 Å². The van der Waals surface area contributed by atoms with E-state index in [0.717, 1.165) is 4.90 Å². The molecule has 124 valence electrons. The third-order valence-corrected chi connectivity index (χ3v) is 4.06. The molecule has 2 aliphatic rings. The zero-order chi connectivity index (χ0) is 17.5. The van der Waals surface area contributed by atoms with E-state index in [9.17, 15) is 19.2 Å². The minimum atomic E-state index is -1.15. The molecule has 24 heavy (non-hydrogen) atoms. The summed E-state index contributed by atoms with van der Waals surface area (Å²) in [5.74, 6) is -1.11. The number of rotatable bonds is 3. The highest BCUT2D eigenvalue weighted by atomic mass is 16.2. The van der Waals surface area contributed by atoms with Crippen LogP contribution in [0.5, 0.6) is 0 Å². The number of nitrogens with one attached hydrogen (secondary N) is 3. The number of benzene rings is 1. The molecule has 1 aromatic rings. The monoisotopic (exact) mass is 328 g/mol. The summed E-state index contributed by atoms with van der Waals surface area (Å²) in [6.45, 7) is 3.12. The second-order valence-corrected chi connectivity index (χ2v) is 5.85. The van der Waals surface area contributed by atoms with Gasteiger partial charge in [0.15, 0.2) is 0 Å². The predicted molar refractivity (Wildman–Crippen MR) is 84.6 cm³/mol. The molecule has 3 rings (SSSR count). The van der Waals surface area contributed by atoms with Crippen LogP contribution in [-0.2, 0) is 19.9 Å². The number of hydrogen-bond acceptors (Lipinski definition) is 5. The molecule has 0 bridgehead atoms. The molecule has 1 aromatic carbocycles. The van der Waals surface area contributed by atoms with Crippen LogP contribution in [0, 0.1) is 0 Å². The van der Waals surface area contributed by atoms with E-state index < -0.39 is 17.5 Å². The van der Waals surface area contributed by atoms with Gasteiger partial charge in [0.25, 0.3) is 11.8 Å². The van der Waals surface area contributed by atoms with E-state index in [1.165, 1.54) is 13.0 Å². The first kappa shape index (κ1) is 15.7. The molecule has 8 nitrogen and oxygen atoms in total. The Bertz CT molecular complexity index is 801. The third-order valence-electron chi connectivity index (χ3n) is 4.06. The van der Waals surface area contributed by atoms with Gasteiger partial charge in [-0.1, -0.05) is 12.1 Å². The quantitative estimate of drug-likeness (QED) is 0.697. The van der Waals surface area contributed by atoms with Gasteiger partial charge < -0.3 is 10.6 Å². The first-order chi connectivity index (χ1) is 11.3. The lowest BCUT2D eigenvalue weighted by molar-refractivity contribution is -0.138. The minimum absolute atomic E-state index is 0.173.